The fraction of sp³-hybridized carbons (Fsp3) is 0.733. The predicted octanol–water partition coefficient (Wildman–Crippen LogP) is 0.901. The molecule has 9 heteroatoms. The van der Waals surface area contributed by atoms with Gasteiger partial charge in [-0.15, -0.1) is 10.2 Å². The van der Waals surface area contributed by atoms with Gasteiger partial charge in [0, 0.05) is 25.9 Å². The zero-order chi connectivity index (χ0) is 17.4. The van der Waals surface area contributed by atoms with Gasteiger partial charge < -0.3 is 15.0 Å². The van der Waals surface area contributed by atoms with E-state index in [1.807, 2.05) is 6.92 Å². The number of ether oxygens (including phenoxy) is 1. The van der Waals surface area contributed by atoms with Crippen molar-refractivity contribution in [2.45, 2.75) is 33.6 Å². The van der Waals surface area contributed by atoms with Crippen molar-refractivity contribution >= 4 is 22.2 Å². The number of nitrogens with zero attached hydrogens (tertiary/aromatic N) is 5. The average Bonchev–Trinajstić information content (AvgIpc) is 3.14. The van der Waals surface area contributed by atoms with E-state index in [2.05, 4.69) is 39.4 Å². The molecule has 2 aromatic rings. The lowest BCUT2D eigenvalue weighted by molar-refractivity contribution is -0.121. The number of hydrogen-bond donors (Lipinski definition) is 1. The predicted molar refractivity (Wildman–Crippen MR) is 93.3 cm³/mol. The Labute approximate surface area is 146 Å². The molecule has 2 heterocycles. The van der Waals surface area contributed by atoms with E-state index in [1.165, 1.54) is 11.3 Å². The van der Waals surface area contributed by atoms with E-state index in [1.54, 1.807) is 4.52 Å². The third kappa shape index (κ3) is 5.50. The summed E-state index contributed by atoms with van der Waals surface area (Å²) in [4.78, 5) is 14.9. The van der Waals surface area contributed by atoms with Crippen LogP contribution < -0.4 is 5.32 Å². The molecule has 0 fully saturated rings. The van der Waals surface area contributed by atoms with E-state index in [-0.39, 0.29) is 5.91 Å². The maximum absolute atomic E-state index is 11.8. The van der Waals surface area contributed by atoms with Crippen molar-refractivity contribution in [1.82, 2.24) is 30.0 Å². The number of likely N-dealkylation sites (N-methyl/N-ethyl adjacent to an activating group) is 1. The summed E-state index contributed by atoms with van der Waals surface area (Å²) < 4.78 is 7.25. The minimum absolute atomic E-state index is 0.0185. The van der Waals surface area contributed by atoms with Crippen LogP contribution in [0.4, 0.5) is 0 Å². The molecule has 0 bridgehead atoms. The van der Waals surface area contributed by atoms with Gasteiger partial charge in [0.25, 0.3) is 0 Å². The minimum atomic E-state index is 0.0185. The first kappa shape index (κ1) is 18.8. The molecule has 0 aromatic carbocycles. The molecular formula is C15H26N6O2S. The fourth-order valence-corrected chi connectivity index (χ4v) is 3.14. The van der Waals surface area contributed by atoms with Crippen LogP contribution in [0.15, 0.2) is 0 Å². The van der Waals surface area contributed by atoms with Gasteiger partial charge in [0.2, 0.25) is 10.9 Å². The molecule has 0 aliphatic carbocycles. The van der Waals surface area contributed by atoms with Crippen molar-refractivity contribution in [2.75, 3.05) is 39.4 Å². The lowest BCUT2D eigenvalue weighted by atomic mass is 10.3. The summed E-state index contributed by atoms with van der Waals surface area (Å²) in [6, 6.07) is 0. The summed E-state index contributed by atoms with van der Waals surface area (Å²) in [5.74, 6) is 0.781. The average molecular weight is 354 g/mol. The number of hydrogen-bond acceptors (Lipinski definition) is 7. The van der Waals surface area contributed by atoms with Crippen LogP contribution >= 0.6 is 11.3 Å². The van der Waals surface area contributed by atoms with Crippen LogP contribution in [0.1, 0.15) is 31.1 Å². The number of nitrogens with one attached hydrogen (secondary N) is 1. The van der Waals surface area contributed by atoms with Gasteiger partial charge in [-0.3, -0.25) is 4.79 Å². The number of rotatable bonds is 11. The van der Waals surface area contributed by atoms with Crippen LogP contribution in [0, 0.1) is 6.92 Å². The third-order valence-electron chi connectivity index (χ3n) is 3.77. The first-order chi connectivity index (χ1) is 11.6. The molecule has 2 rings (SSSR count). The molecule has 134 valence electrons. The normalized spacial score (nSPS) is 11.5. The van der Waals surface area contributed by atoms with Gasteiger partial charge >= 0.3 is 0 Å². The van der Waals surface area contributed by atoms with Crippen LogP contribution in [0.25, 0.3) is 4.96 Å². The smallest absolute Gasteiger partial charge is 0.234 e. The van der Waals surface area contributed by atoms with Crippen molar-refractivity contribution in [1.29, 1.82) is 0 Å². The number of fused-ring (bicyclic) bond motifs is 1. The second-order valence-corrected chi connectivity index (χ2v) is 6.47. The standard InChI is InChI=1S/C15H26N6O2S/c1-4-20(5-2)9-11-23-10-8-16-13(22)6-7-14-19-21-12(3)17-18-15(21)24-14/h4-11H2,1-3H3,(H,16,22). The van der Waals surface area contributed by atoms with Crippen molar-refractivity contribution in [2.24, 2.45) is 0 Å². The molecular weight excluding hydrogens is 328 g/mol. The molecule has 1 amide bonds. The van der Waals surface area contributed by atoms with Crippen LogP contribution in [0.2, 0.25) is 0 Å². The van der Waals surface area contributed by atoms with E-state index in [0.717, 1.165) is 35.4 Å². The van der Waals surface area contributed by atoms with Crippen LogP contribution in [0.3, 0.4) is 0 Å². The summed E-state index contributed by atoms with van der Waals surface area (Å²) in [7, 11) is 0. The Morgan fingerprint density at radius 1 is 1.29 bits per heavy atom. The minimum Gasteiger partial charge on any atom is -0.378 e. The molecule has 24 heavy (non-hydrogen) atoms. The maximum atomic E-state index is 11.8. The molecule has 0 aliphatic heterocycles. The Hall–Kier alpha value is -1.58. The molecule has 8 nitrogen and oxygen atoms in total. The molecule has 0 atom stereocenters. The van der Waals surface area contributed by atoms with Gasteiger partial charge in [0.1, 0.15) is 5.01 Å². The van der Waals surface area contributed by atoms with Gasteiger partial charge in [0.15, 0.2) is 5.82 Å². The van der Waals surface area contributed by atoms with E-state index in [4.69, 9.17) is 4.74 Å². The summed E-state index contributed by atoms with van der Waals surface area (Å²) >= 11 is 1.47. The highest BCUT2D eigenvalue weighted by atomic mass is 32.1. The number of aryl methyl sites for hydroxylation is 2. The van der Waals surface area contributed by atoms with Gasteiger partial charge in [-0.25, -0.2) is 0 Å². The Balaban J connectivity index is 1.56. The summed E-state index contributed by atoms with van der Waals surface area (Å²) in [5, 5.41) is 16.1. The van der Waals surface area contributed by atoms with Gasteiger partial charge in [-0.1, -0.05) is 25.2 Å². The summed E-state index contributed by atoms with van der Waals surface area (Å²) in [5.41, 5.74) is 0. The Bertz CT molecular complexity index is 637. The molecule has 0 saturated carbocycles. The maximum Gasteiger partial charge on any atom is 0.234 e. The number of aromatic nitrogens is 4. The Kier molecular flexibility index (Phi) is 7.54. The van der Waals surface area contributed by atoms with Gasteiger partial charge in [-0.2, -0.15) is 9.61 Å². The summed E-state index contributed by atoms with van der Waals surface area (Å²) in [6.07, 6.45) is 1.03. The van der Waals surface area contributed by atoms with E-state index in [9.17, 15) is 4.79 Å². The molecule has 0 saturated heterocycles. The number of carbonyl (C=O) groups excluding carboxylic acids is 1. The van der Waals surface area contributed by atoms with Crippen molar-refractivity contribution < 1.29 is 9.53 Å². The van der Waals surface area contributed by atoms with E-state index in [0.29, 0.717) is 32.6 Å². The first-order valence-electron chi connectivity index (χ1n) is 8.38. The van der Waals surface area contributed by atoms with Crippen LogP contribution in [0.5, 0.6) is 0 Å². The monoisotopic (exact) mass is 354 g/mol. The number of carbonyl (C=O) groups is 1. The van der Waals surface area contributed by atoms with E-state index >= 15 is 0 Å². The lowest BCUT2D eigenvalue weighted by Gasteiger charge is -2.17. The third-order valence-corrected chi connectivity index (χ3v) is 4.73. The largest absolute Gasteiger partial charge is 0.378 e. The Morgan fingerprint density at radius 2 is 2.08 bits per heavy atom. The second-order valence-electron chi connectivity index (χ2n) is 5.43. The van der Waals surface area contributed by atoms with Crippen molar-refractivity contribution in [3.8, 4) is 0 Å². The van der Waals surface area contributed by atoms with E-state index < -0.39 is 0 Å². The topological polar surface area (TPSA) is 84.7 Å². The first-order valence-corrected chi connectivity index (χ1v) is 9.20. The van der Waals surface area contributed by atoms with Gasteiger partial charge in [-0.05, 0) is 20.0 Å². The Morgan fingerprint density at radius 3 is 2.79 bits per heavy atom. The molecule has 1 N–H and O–H groups in total. The molecule has 0 unspecified atom stereocenters. The molecule has 0 radical (unpaired) electrons. The summed E-state index contributed by atoms with van der Waals surface area (Å²) in [6.45, 7) is 10.9. The highest BCUT2D eigenvalue weighted by Gasteiger charge is 2.10. The quantitative estimate of drug-likeness (QED) is 0.604. The van der Waals surface area contributed by atoms with Crippen LogP contribution in [-0.2, 0) is 16.0 Å². The molecule has 2 aromatic heterocycles. The molecule has 0 spiro atoms. The van der Waals surface area contributed by atoms with Crippen molar-refractivity contribution in [3.05, 3.63) is 10.8 Å². The lowest BCUT2D eigenvalue weighted by Crippen LogP contribution is -2.30. The second kappa shape index (κ2) is 9.65. The SMILES string of the molecule is CCN(CC)CCOCCNC(=O)CCc1nn2c(C)nnc2s1. The van der Waals surface area contributed by atoms with Crippen LogP contribution in [-0.4, -0.2) is 70.0 Å². The zero-order valence-corrected chi connectivity index (χ0v) is 15.4. The highest BCUT2D eigenvalue weighted by molar-refractivity contribution is 7.16. The highest BCUT2D eigenvalue weighted by Crippen LogP contribution is 2.14. The zero-order valence-electron chi connectivity index (χ0n) is 14.6. The molecule has 0 aliphatic rings. The van der Waals surface area contributed by atoms with Crippen molar-refractivity contribution in [3.63, 3.8) is 0 Å². The van der Waals surface area contributed by atoms with Gasteiger partial charge in [0.05, 0.1) is 13.2 Å². The fourth-order valence-electron chi connectivity index (χ4n) is 2.26. The number of amides is 1.